The van der Waals surface area contributed by atoms with Crippen molar-refractivity contribution >= 4 is 17.6 Å². The summed E-state index contributed by atoms with van der Waals surface area (Å²) in [7, 11) is 0. The van der Waals surface area contributed by atoms with E-state index in [1.54, 1.807) is 0 Å². The molecule has 0 saturated carbocycles. The molecule has 0 spiro atoms. The molecule has 1 aliphatic heterocycles. The molecule has 1 fully saturated rings. The van der Waals surface area contributed by atoms with Crippen LogP contribution in [0.5, 0.6) is 0 Å². The van der Waals surface area contributed by atoms with Crippen LogP contribution in [0.15, 0.2) is 4.52 Å². The minimum atomic E-state index is 0.445. The lowest BCUT2D eigenvalue weighted by atomic mass is 10.00. The molecule has 1 aromatic rings. The van der Waals surface area contributed by atoms with Gasteiger partial charge in [-0.2, -0.15) is 11.8 Å². The van der Waals surface area contributed by atoms with Crippen LogP contribution < -0.4 is 15.5 Å². The Kier molecular flexibility index (Phi) is 4.37. The molecule has 0 radical (unpaired) electrons. The molecule has 18 heavy (non-hydrogen) atoms. The first-order chi connectivity index (χ1) is 8.65. The van der Waals surface area contributed by atoms with Gasteiger partial charge in [0.25, 0.3) is 0 Å². The molecule has 2 unspecified atom stereocenters. The highest BCUT2D eigenvalue weighted by Gasteiger charge is 2.37. The summed E-state index contributed by atoms with van der Waals surface area (Å²) >= 11 is 1.83. The minimum absolute atomic E-state index is 0.445. The molecule has 1 saturated heterocycles. The number of aromatic nitrogens is 2. The van der Waals surface area contributed by atoms with Crippen molar-refractivity contribution in [2.45, 2.75) is 57.9 Å². The third-order valence-electron chi connectivity index (χ3n) is 3.55. The molecule has 0 bridgehead atoms. The van der Waals surface area contributed by atoms with Crippen molar-refractivity contribution in [2.75, 3.05) is 16.5 Å². The van der Waals surface area contributed by atoms with Gasteiger partial charge in [0.05, 0.1) is 22.6 Å². The third-order valence-corrected chi connectivity index (χ3v) is 4.44. The minimum Gasteiger partial charge on any atom is -0.362 e. The summed E-state index contributed by atoms with van der Waals surface area (Å²) < 4.78 is 5.18. The molecule has 1 aliphatic rings. The summed E-state index contributed by atoms with van der Waals surface area (Å²) in [6, 6.07) is 0.960. The Morgan fingerprint density at radius 3 is 2.72 bits per heavy atom. The summed E-state index contributed by atoms with van der Waals surface area (Å²) in [6.07, 6.45) is 3.68. The number of nitrogen functional groups attached to an aromatic ring is 1. The fourth-order valence-corrected chi connectivity index (χ4v) is 3.23. The Morgan fingerprint density at radius 2 is 2.11 bits per heavy atom. The first-order valence-corrected chi connectivity index (χ1v) is 7.83. The lowest BCUT2D eigenvalue weighted by Crippen LogP contribution is -2.69. The monoisotopic (exact) mass is 271 g/mol. The van der Waals surface area contributed by atoms with Crippen molar-refractivity contribution in [3.8, 4) is 0 Å². The molecule has 2 N–H and O–H groups in total. The number of hydrogen-bond donors (Lipinski definition) is 1. The zero-order chi connectivity index (χ0) is 13.1. The van der Waals surface area contributed by atoms with Crippen molar-refractivity contribution in [1.29, 1.82) is 0 Å². The van der Waals surface area contributed by atoms with Crippen molar-refractivity contribution < 1.29 is 9.31 Å². The highest BCUT2D eigenvalue weighted by molar-refractivity contribution is 7.98. The van der Waals surface area contributed by atoms with E-state index < -0.39 is 0 Å². The average Bonchev–Trinajstić information content (AvgIpc) is 2.68. The molecule has 2 heterocycles. The van der Waals surface area contributed by atoms with E-state index >= 15 is 0 Å². The number of rotatable bonds is 4. The van der Waals surface area contributed by atoms with E-state index in [-0.39, 0.29) is 0 Å². The van der Waals surface area contributed by atoms with E-state index in [2.05, 4.69) is 31.1 Å². The maximum atomic E-state index is 5.89. The fourth-order valence-electron chi connectivity index (χ4n) is 2.57. The molecule has 1 aromatic heterocycles. The molecule has 0 aromatic carbocycles. The first-order valence-electron chi connectivity index (χ1n) is 6.67. The van der Waals surface area contributed by atoms with E-state index in [1.807, 2.05) is 16.6 Å². The van der Waals surface area contributed by atoms with Gasteiger partial charge in [0.15, 0.2) is 0 Å². The van der Waals surface area contributed by atoms with Crippen LogP contribution in [-0.4, -0.2) is 23.1 Å². The summed E-state index contributed by atoms with van der Waals surface area (Å²) in [6.45, 7) is 6.62. The van der Waals surface area contributed by atoms with Gasteiger partial charge in [0, 0.05) is 0 Å². The number of hydrogen-bond acceptors (Lipinski definition) is 5. The zero-order valence-corrected chi connectivity index (χ0v) is 12.2. The van der Waals surface area contributed by atoms with Crippen LogP contribution in [-0.2, 0) is 5.75 Å². The highest BCUT2D eigenvalue weighted by Crippen LogP contribution is 2.21. The van der Waals surface area contributed by atoms with Crippen molar-refractivity contribution in [3.63, 3.8) is 0 Å². The van der Waals surface area contributed by atoms with E-state index in [9.17, 15) is 0 Å². The first kappa shape index (κ1) is 13.5. The molecular weight excluding hydrogens is 248 g/mol. The van der Waals surface area contributed by atoms with Crippen LogP contribution in [0.1, 0.15) is 45.7 Å². The lowest BCUT2D eigenvalue weighted by Gasteiger charge is -2.32. The molecule has 0 amide bonds. The summed E-state index contributed by atoms with van der Waals surface area (Å²) in [4.78, 5) is 1.90. The normalized spacial score (nSPS) is 24.5. The SMILES string of the molecule is CCSCc1c(N)on[n+]1N1C(C)CCCC1C. The number of nitrogens with two attached hydrogens (primary N) is 1. The van der Waals surface area contributed by atoms with Gasteiger partial charge in [0.1, 0.15) is 0 Å². The van der Waals surface area contributed by atoms with Crippen molar-refractivity contribution in [2.24, 2.45) is 0 Å². The zero-order valence-electron chi connectivity index (χ0n) is 11.4. The molecular formula is C12H23N4OS+. The standard InChI is InChI=1S/C12H23N4OS/c1-4-18-8-11-12(13)17-14-16(11)15-9(2)6-5-7-10(15)3/h9-10H,4-8,13H2,1-3H3/q+1. The summed E-state index contributed by atoms with van der Waals surface area (Å²) in [5.74, 6) is 2.36. The molecule has 5 nitrogen and oxygen atoms in total. The second-order valence-corrected chi connectivity index (χ2v) is 6.19. The molecule has 102 valence electrons. The predicted molar refractivity (Wildman–Crippen MR) is 73.9 cm³/mol. The summed E-state index contributed by atoms with van der Waals surface area (Å²) in [5.41, 5.74) is 6.88. The van der Waals surface area contributed by atoms with E-state index in [0.717, 1.165) is 17.2 Å². The van der Waals surface area contributed by atoms with Crippen LogP contribution >= 0.6 is 11.8 Å². The van der Waals surface area contributed by atoms with Crippen LogP contribution in [0, 0.1) is 0 Å². The van der Waals surface area contributed by atoms with Gasteiger partial charge in [-0.25, -0.2) is 0 Å². The Hall–Kier alpha value is -0.910. The Bertz CT molecular complexity index is 385. The average molecular weight is 271 g/mol. The lowest BCUT2D eigenvalue weighted by molar-refractivity contribution is -0.771. The quantitative estimate of drug-likeness (QED) is 0.845. The van der Waals surface area contributed by atoms with Gasteiger partial charge >= 0.3 is 11.6 Å². The van der Waals surface area contributed by atoms with E-state index in [4.69, 9.17) is 10.3 Å². The summed E-state index contributed by atoms with van der Waals surface area (Å²) in [5, 5.41) is 6.42. The molecule has 0 aliphatic carbocycles. The van der Waals surface area contributed by atoms with Crippen LogP contribution in [0.3, 0.4) is 0 Å². The Morgan fingerprint density at radius 1 is 1.44 bits per heavy atom. The molecule has 2 rings (SSSR count). The maximum absolute atomic E-state index is 5.89. The smallest absolute Gasteiger partial charge is 0.317 e. The second-order valence-electron chi connectivity index (χ2n) is 4.92. The number of anilines is 1. The van der Waals surface area contributed by atoms with Gasteiger partial charge < -0.3 is 5.73 Å². The van der Waals surface area contributed by atoms with Gasteiger partial charge in [-0.3, -0.25) is 4.52 Å². The highest BCUT2D eigenvalue weighted by atomic mass is 32.2. The van der Waals surface area contributed by atoms with Gasteiger partial charge in [0.2, 0.25) is 5.27 Å². The molecule has 2 atom stereocenters. The van der Waals surface area contributed by atoms with E-state index in [0.29, 0.717) is 18.0 Å². The number of thioether (sulfide) groups is 1. The number of piperidine rings is 1. The van der Waals surface area contributed by atoms with Crippen molar-refractivity contribution in [3.05, 3.63) is 5.69 Å². The molecule has 6 heteroatoms. The van der Waals surface area contributed by atoms with Crippen LogP contribution in [0.2, 0.25) is 0 Å². The van der Waals surface area contributed by atoms with Crippen molar-refractivity contribution in [1.82, 2.24) is 5.27 Å². The largest absolute Gasteiger partial charge is 0.362 e. The maximum Gasteiger partial charge on any atom is 0.317 e. The van der Waals surface area contributed by atoms with Crippen LogP contribution in [0.25, 0.3) is 0 Å². The predicted octanol–water partition coefficient (Wildman–Crippen LogP) is 1.70. The number of nitrogens with zero attached hydrogens (tertiary/aromatic N) is 3. The fraction of sp³-hybridized carbons (Fsp3) is 0.833. The van der Waals surface area contributed by atoms with Gasteiger partial charge in [-0.15, -0.1) is 5.01 Å². The Balaban J connectivity index is 2.25. The third kappa shape index (κ3) is 2.58. The van der Waals surface area contributed by atoms with Crippen LogP contribution in [0.4, 0.5) is 5.88 Å². The topological polar surface area (TPSA) is 59.2 Å². The van der Waals surface area contributed by atoms with Gasteiger partial charge in [-0.1, -0.05) is 6.92 Å². The van der Waals surface area contributed by atoms with E-state index in [1.165, 1.54) is 19.3 Å². The Labute approximate surface area is 113 Å². The second kappa shape index (κ2) is 5.82. The van der Waals surface area contributed by atoms with Gasteiger partial charge in [-0.05, 0) is 38.9 Å².